The van der Waals surface area contributed by atoms with Crippen molar-refractivity contribution in [3.8, 4) is 0 Å². The summed E-state index contributed by atoms with van der Waals surface area (Å²) in [7, 11) is 1.14. The van der Waals surface area contributed by atoms with Gasteiger partial charge in [-0.1, -0.05) is 0 Å². The van der Waals surface area contributed by atoms with Crippen LogP contribution in [0.25, 0.3) is 0 Å². The van der Waals surface area contributed by atoms with Crippen molar-refractivity contribution in [1.82, 2.24) is 4.90 Å². The minimum absolute atomic E-state index is 0.0528. The van der Waals surface area contributed by atoms with Gasteiger partial charge in [0.1, 0.15) is 6.04 Å². The lowest BCUT2D eigenvalue weighted by molar-refractivity contribution is -0.175. The van der Waals surface area contributed by atoms with Gasteiger partial charge in [-0.25, -0.2) is 0 Å². The van der Waals surface area contributed by atoms with E-state index in [1.54, 1.807) is 0 Å². The summed E-state index contributed by atoms with van der Waals surface area (Å²) in [5.74, 6) is -0.695. The molecular weight excluding hydrogens is 215 g/mol. The molecule has 0 bridgehead atoms. The molecule has 1 aliphatic rings. The highest BCUT2D eigenvalue weighted by atomic mass is 19.4. The minimum atomic E-state index is -4.32. The first-order chi connectivity index (χ1) is 6.94. The van der Waals surface area contributed by atoms with Crippen LogP contribution in [-0.2, 0) is 14.3 Å². The molecule has 0 aromatic heterocycles. The molecule has 1 fully saturated rings. The van der Waals surface area contributed by atoms with Gasteiger partial charge in [-0.05, 0) is 0 Å². The maximum atomic E-state index is 12.1. The number of halogens is 3. The number of esters is 1. The summed E-state index contributed by atoms with van der Waals surface area (Å²) >= 11 is 0. The first kappa shape index (κ1) is 12.3. The van der Waals surface area contributed by atoms with Gasteiger partial charge in [0.25, 0.3) is 0 Å². The normalized spacial score (nSPS) is 23.9. The van der Waals surface area contributed by atoms with Crippen molar-refractivity contribution in [2.45, 2.75) is 12.2 Å². The highest BCUT2D eigenvalue weighted by Gasteiger charge is 2.38. The third kappa shape index (κ3) is 3.67. The Bertz CT molecular complexity index is 232. The summed E-state index contributed by atoms with van der Waals surface area (Å²) in [6.07, 6.45) is -4.32. The van der Waals surface area contributed by atoms with Gasteiger partial charge >= 0.3 is 12.1 Å². The van der Waals surface area contributed by atoms with E-state index in [9.17, 15) is 18.0 Å². The van der Waals surface area contributed by atoms with E-state index in [2.05, 4.69) is 4.74 Å². The topological polar surface area (TPSA) is 38.8 Å². The standard InChI is InChI=1S/C8H12F3NO3/c1-14-7(13)6-4-15-3-2-12(6)5-8(9,10)11/h6H,2-5H2,1H3. The molecule has 0 aromatic rings. The second-order valence-electron chi connectivity index (χ2n) is 3.20. The Morgan fingerprint density at radius 3 is 2.80 bits per heavy atom. The lowest BCUT2D eigenvalue weighted by Crippen LogP contribution is -2.53. The molecule has 7 heteroatoms. The van der Waals surface area contributed by atoms with Crippen molar-refractivity contribution in [2.75, 3.05) is 33.4 Å². The molecule has 0 N–H and O–H groups in total. The number of methoxy groups -OCH3 is 1. The fourth-order valence-electron chi connectivity index (χ4n) is 1.41. The molecule has 0 aromatic carbocycles. The smallest absolute Gasteiger partial charge is 0.401 e. The molecule has 1 rings (SSSR count). The van der Waals surface area contributed by atoms with Crippen LogP contribution in [0.3, 0.4) is 0 Å². The summed E-state index contributed by atoms with van der Waals surface area (Å²) in [5, 5.41) is 0. The fourth-order valence-corrected chi connectivity index (χ4v) is 1.41. The van der Waals surface area contributed by atoms with Crippen LogP contribution in [0.15, 0.2) is 0 Å². The van der Waals surface area contributed by atoms with Gasteiger partial charge in [0.15, 0.2) is 0 Å². The monoisotopic (exact) mass is 227 g/mol. The predicted octanol–water partition coefficient (Wildman–Crippen LogP) is 0.422. The zero-order valence-electron chi connectivity index (χ0n) is 8.21. The summed E-state index contributed by atoms with van der Waals surface area (Å²) in [5.41, 5.74) is 0. The Labute approximate surface area is 84.9 Å². The van der Waals surface area contributed by atoms with Crippen molar-refractivity contribution in [3.63, 3.8) is 0 Å². The zero-order valence-corrected chi connectivity index (χ0v) is 8.21. The van der Waals surface area contributed by atoms with Crippen LogP contribution in [0.2, 0.25) is 0 Å². The number of nitrogens with zero attached hydrogens (tertiary/aromatic N) is 1. The van der Waals surface area contributed by atoms with Gasteiger partial charge in [0.2, 0.25) is 0 Å². The van der Waals surface area contributed by atoms with Crippen molar-refractivity contribution >= 4 is 5.97 Å². The predicted molar refractivity (Wildman–Crippen MR) is 44.3 cm³/mol. The Morgan fingerprint density at radius 1 is 1.60 bits per heavy atom. The van der Waals surface area contributed by atoms with E-state index in [1.807, 2.05) is 0 Å². The summed E-state index contributed by atoms with van der Waals surface area (Å²) < 4.78 is 45.8. The lowest BCUT2D eigenvalue weighted by Gasteiger charge is -2.33. The second-order valence-corrected chi connectivity index (χ2v) is 3.20. The average molecular weight is 227 g/mol. The number of morpholine rings is 1. The van der Waals surface area contributed by atoms with Gasteiger partial charge in [0, 0.05) is 6.54 Å². The number of carbonyl (C=O) groups is 1. The Morgan fingerprint density at radius 2 is 2.27 bits per heavy atom. The number of alkyl halides is 3. The summed E-state index contributed by atoms with van der Waals surface area (Å²) in [6, 6.07) is -0.953. The molecule has 1 aliphatic heterocycles. The van der Waals surface area contributed by atoms with Gasteiger partial charge in [-0.15, -0.1) is 0 Å². The average Bonchev–Trinajstić information content (AvgIpc) is 2.15. The third-order valence-corrected chi connectivity index (χ3v) is 2.09. The van der Waals surface area contributed by atoms with Gasteiger partial charge in [-0.2, -0.15) is 13.2 Å². The van der Waals surface area contributed by atoms with E-state index in [1.165, 1.54) is 0 Å². The van der Waals surface area contributed by atoms with E-state index in [-0.39, 0.29) is 19.8 Å². The molecule has 1 heterocycles. The number of ether oxygens (including phenoxy) is 2. The molecule has 15 heavy (non-hydrogen) atoms. The van der Waals surface area contributed by atoms with Crippen molar-refractivity contribution in [2.24, 2.45) is 0 Å². The van der Waals surface area contributed by atoms with E-state index < -0.39 is 24.7 Å². The van der Waals surface area contributed by atoms with Crippen LogP contribution in [0.5, 0.6) is 0 Å². The van der Waals surface area contributed by atoms with Gasteiger partial charge in [0.05, 0.1) is 26.9 Å². The molecule has 1 unspecified atom stereocenters. The summed E-state index contributed by atoms with van der Waals surface area (Å²) in [4.78, 5) is 12.2. The van der Waals surface area contributed by atoms with Crippen LogP contribution in [0.1, 0.15) is 0 Å². The van der Waals surface area contributed by atoms with Crippen LogP contribution < -0.4 is 0 Å². The van der Waals surface area contributed by atoms with Crippen LogP contribution in [0, 0.1) is 0 Å². The molecule has 1 saturated heterocycles. The van der Waals surface area contributed by atoms with Crippen molar-refractivity contribution < 1.29 is 27.4 Å². The SMILES string of the molecule is COC(=O)C1COCCN1CC(F)(F)F. The van der Waals surface area contributed by atoms with E-state index >= 15 is 0 Å². The molecule has 0 spiro atoms. The van der Waals surface area contributed by atoms with E-state index in [0.29, 0.717) is 0 Å². The fraction of sp³-hybridized carbons (Fsp3) is 0.875. The zero-order chi connectivity index (χ0) is 11.5. The van der Waals surface area contributed by atoms with Gasteiger partial charge in [-0.3, -0.25) is 9.69 Å². The molecule has 0 radical (unpaired) electrons. The maximum absolute atomic E-state index is 12.1. The third-order valence-electron chi connectivity index (χ3n) is 2.09. The largest absolute Gasteiger partial charge is 0.468 e. The van der Waals surface area contributed by atoms with Crippen LogP contribution >= 0.6 is 0 Å². The number of hydrogen-bond acceptors (Lipinski definition) is 4. The molecule has 0 saturated carbocycles. The van der Waals surface area contributed by atoms with Crippen molar-refractivity contribution in [1.29, 1.82) is 0 Å². The first-order valence-electron chi connectivity index (χ1n) is 4.40. The molecule has 88 valence electrons. The highest BCUT2D eigenvalue weighted by Crippen LogP contribution is 2.19. The Hall–Kier alpha value is -0.820. The van der Waals surface area contributed by atoms with Crippen molar-refractivity contribution in [3.05, 3.63) is 0 Å². The van der Waals surface area contributed by atoms with E-state index in [0.717, 1.165) is 12.0 Å². The quantitative estimate of drug-likeness (QED) is 0.641. The number of carbonyl (C=O) groups excluding carboxylic acids is 1. The van der Waals surface area contributed by atoms with Crippen LogP contribution in [-0.4, -0.2) is 56.5 Å². The second kappa shape index (κ2) is 4.80. The van der Waals surface area contributed by atoms with Gasteiger partial charge < -0.3 is 9.47 Å². The first-order valence-corrected chi connectivity index (χ1v) is 4.40. The Kier molecular flexibility index (Phi) is 3.92. The molecule has 0 amide bonds. The molecule has 0 aliphatic carbocycles. The number of rotatable bonds is 2. The minimum Gasteiger partial charge on any atom is -0.468 e. The molecule has 4 nitrogen and oxygen atoms in total. The highest BCUT2D eigenvalue weighted by molar-refractivity contribution is 5.75. The van der Waals surface area contributed by atoms with Crippen LogP contribution in [0.4, 0.5) is 13.2 Å². The number of hydrogen-bond donors (Lipinski definition) is 0. The molecular formula is C8H12F3NO3. The van der Waals surface area contributed by atoms with E-state index in [4.69, 9.17) is 4.74 Å². The molecule has 1 atom stereocenters. The maximum Gasteiger partial charge on any atom is 0.401 e. The Balaban J connectivity index is 2.61. The summed E-state index contributed by atoms with van der Waals surface area (Å²) in [6.45, 7) is -0.887. The lowest BCUT2D eigenvalue weighted by atomic mass is 10.2.